The van der Waals surface area contributed by atoms with Crippen LogP contribution < -0.4 is 17.0 Å². The Labute approximate surface area is 178 Å². The molecule has 0 aliphatic rings. The van der Waals surface area contributed by atoms with Gasteiger partial charge in [-0.05, 0) is 48.7 Å². The number of fused-ring (bicyclic) bond motifs is 1. The van der Waals surface area contributed by atoms with E-state index in [9.17, 15) is 4.79 Å². The summed E-state index contributed by atoms with van der Waals surface area (Å²) in [6, 6.07) is 19.7. The highest BCUT2D eigenvalue weighted by molar-refractivity contribution is 6.35. The Balaban J connectivity index is 1.95. The molecule has 0 aliphatic heterocycles. The van der Waals surface area contributed by atoms with Crippen LogP contribution in [0.3, 0.4) is 0 Å². The molecule has 0 amide bonds. The first-order valence-corrected chi connectivity index (χ1v) is 9.79. The minimum atomic E-state index is -0.442. The fourth-order valence-corrected chi connectivity index (χ4v) is 3.72. The van der Waals surface area contributed by atoms with Crippen LogP contribution in [0.15, 0.2) is 82.7 Å². The highest BCUT2D eigenvalue weighted by Gasteiger charge is 2.18. The number of halogens is 1. The lowest BCUT2D eigenvalue weighted by Crippen LogP contribution is -2.24. The monoisotopic (exact) mass is 417 g/mol. The number of hydrogen-bond donors (Lipinski definition) is 2. The molecule has 0 bridgehead atoms. The first-order chi connectivity index (χ1) is 14.5. The summed E-state index contributed by atoms with van der Waals surface area (Å²) in [5, 5.41) is 1.61. The van der Waals surface area contributed by atoms with Crippen molar-refractivity contribution in [3.8, 4) is 5.69 Å². The molecule has 0 fully saturated rings. The predicted octanol–water partition coefficient (Wildman–Crippen LogP) is 4.09. The Morgan fingerprint density at radius 3 is 2.60 bits per heavy atom. The number of nitrogens with zero attached hydrogens (tertiary/aromatic N) is 3. The Hall–Kier alpha value is -3.64. The lowest BCUT2D eigenvalue weighted by Gasteiger charge is -2.18. The van der Waals surface area contributed by atoms with Crippen molar-refractivity contribution >= 4 is 33.9 Å². The second kappa shape index (κ2) is 8.00. The van der Waals surface area contributed by atoms with E-state index in [0.717, 1.165) is 11.1 Å². The molecule has 4 aromatic rings. The maximum atomic E-state index is 13.5. The van der Waals surface area contributed by atoms with E-state index in [1.165, 1.54) is 0 Å². The maximum absolute atomic E-state index is 13.5. The van der Waals surface area contributed by atoms with Gasteiger partial charge in [0.1, 0.15) is 11.5 Å². The van der Waals surface area contributed by atoms with Crippen LogP contribution >= 0.6 is 11.6 Å². The van der Waals surface area contributed by atoms with Crippen molar-refractivity contribution in [2.75, 3.05) is 5.73 Å². The van der Waals surface area contributed by atoms with Crippen LogP contribution in [0.4, 0.5) is 5.69 Å². The van der Waals surface area contributed by atoms with Gasteiger partial charge in [-0.15, -0.1) is 0 Å². The second-order valence-electron chi connectivity index (χ2n) is 6.88. The number of amidine groups is 1. The standard InChI is InChI=1S/C23H20ClN5O/c1-14(28-22(26)21-18(25)11-6-12-27-21)19-13-15-7-5-10-17(24)20(15)23(30)29(19)16-8-3-2-4-9-16/h2-14H,25H2,1H3,(H2,26,28). The van der Waals surface area contributed by atoms with Gasteiger partial charge in [0.15, 0.2) is 0 Å². The normalized spacial score (nSPS) is 12.8. The van der Waals surface area contributed by atoms with Crippen LogP contribution in [0, 0.1) is 0 Å². The quantitative estimate of drug-likeness (QED) is 0.386. The first-order valence-electron chi connectivity index (χ1n) is 9.41. The highest BCUT2D eigenvalue weighted by atomic mass is 35.5. The molecule has 7 heteroatoms. The smallest absolute Gasteiger partial charge is 0.264 e. The zero-order valence-electron chi connectivity index (χ0n) is 16.3. The minimum Gasteiger partial charge on any atom is -0.397 e. The molecule has 1 atom stereocenters. The average Bonchev–Trinajstić information content (AvgIpc) is 2.74. The molecule has 0 spiro atoms. The van der Waals surface area contributed by atoms with Crippen LogP contribution in [0.1, 0.15) is 24.4 Å². The average molecular weight is 418 g/mol. The number of nitrogens with two attached hydrogens (primary N) is 2. The van der Waals surface area contributed by atoms with E-state index >= 15 is 0 Å². The summed E-state index contributed by atoms with van der Waals surface area (Å²) < 4.78 is 1.62. The summed E-state index contributed by atoms with van der Waals surface area (Å²) in [6.45, 7) is 1.87. The number of benzene rings is 2. The van der Waals surface area contributed by atoms with Gasteiger partial charge in [0, 0.05) is 11.9 Å². The Morgan fingerprint density at radius 2 is 1.87 bits per heavy atom. The second-order valence-corrected chi connectivity index (χ2v) is 7.29. The van der Waals surface area contributed by atoms with Gasteiger partial charge in [-0.2, -0.15) is 0 Å². The Kier molecular flexibility index (Phi) is 5.25. The Bertz CT molecular complexity index is 1310. The van der Waals surface area contributed by atoms with Crippen molar-refractivity contribution in [3.05, 3.63) is 99.7 Å². The topological polar surface area (TPSA) is 99.3 Å². The number of aliphatic imine (C=N–C) groups is 1. The lowest BCUT2D eigenvalue weighted by molar-refractivity contribution is 0.735. The first kappa shape index (κ1) is 19.7. The number of aromatic nitrogens is 2. The third kappa shape index (κ3) is 3.53. The van der Waals surface area contributed by atoms with Gasteiger partial charge in [-0.25, -0.2) is 0 Å². The van der Waals surface area contributed by atoms with Crippen molar-refractivity contribution in [3.63, 3.8) is 0 Å². The van der Waals surface area contributed by atoms with Gasteiger partial charge in [0.25, 0.3) is 5.56 Å². The lowest BCUT2D eigenvalue weighted by atomic mass is 10.1. The largest absolute Gasteiger partial charge is 0.397 e. The number of anilines is 1. The molecule has 2 aromatic carbocycles. The summed E-state index contributed by atoms with van der Waals surface area (Å²) in [6.07, 6.45) is 1.61. The van der Waals surface area contributed by atoms with Crippen LogP contribution in [0.5, 0.6) is 0 Å². The third-order valence-corrected chi connectivity index (χ3v) is 5.20. The SMILES string of the molecule is CC(N=C(N)c1ncccc1N)c1cc2cccc(Cl)c2c(=O)n1-c1ccccc1. The van der Waals surface area contributed by atoms with Crippen LogP contribution in [0.2, 0.25) is 5.02 Å². The minimum absolute atomic E-state index is 0.207. The molecule has 2 aromatic heterocycles. The van der Waals surface area contributed by atoms with E-state index in [-0.39, 0.29) is 11.4 Å². The fraction of sp³-hybridized carbons (Fsp3) is 0.0870. The number of para-hydroxylation sites is 1. The van der Waals surface area contributed by atoms with Gasteiger partial charge in [-0.1, -0.05) is 41.9 Å². The zero-order valence-corrected chi connectivity index (χ0v) is 17.0. The summed E-state index contributed by atoms with van der Waals surface area (Å²) in [7, 11) is 0. The molecule has 0 radical (unpaired) electrons. The number of rotatable bonds is 4. The predicted molar refractivity (Wildman–Crippen MR) is 122 cm³/mol. The highest BCUT2D eigenvalue weighted by Crippen LogP contribution is 2.27. The van der Waals surface area contributed by atoms with Gasteiger partial charge in [0.05, 0.1) is 27.8 Å². The van der Waals surface area contributed by atoms with E-state index in [1.54, 1.807) is 29.0 Å². The molecule has 2 heterocycles. The fourth-order valence-electron chi connectivity index (χ4n) is 3.46. The molecule has 0 saturated carbocycles. The van der Waals surface area contributed by atoms with E-state index in [4.69, 9.17) is 23.1 Å². The molecular weight excluding hydrogens is 398 g/mol. The zero-order chi connectivity index (χ0) is 21.3. The van der Waals surface area contributed by atoms with E-state index in [1.807, 2.05) is 55.5 Å². The van der Waals surface area contributed by atoms with E-state index in [2.05, 4.69) is 9.98 Å². The number of hydrogen-bond acceptors (Lipinski definition) is 4. The molecule has 0 aliphatic carbocycles. The molecule has 30 heavy (non-hydrogen) atoms. The summed E-state index contributed by atoms with van der Waals surface area (Å²) in [5.41, 5.74) is 14.2. The van der Waals surface area contributed by atoms with Gasteiger partial charge in [0.2, 0.25) is 0 Å². The van der Waals surface area contributed by atoms with Crippen molar-refractivity contribution < 1.29 is 0 Å². The molecule has 6 nitrogen and oxygen atoms in total. The summed E-state index contributed by atoms with van der Waals surface area (Å²) in [5.74, 6) is 0.207. The molecule has 4 rings (SSSR count). The molecule has 150 valence electrons. The van der Waals surface area contributed by atoms with Gasteiger partial charge in [-0.3, -0.25) is 19.3 Å². The van der Waals surface area contributed by atoms with E-state index in [0.29, 0.717) is 27.5 Å². The number of nitrogen functional groups attached to an aromatic ring is 1. The Morgan fingerprint density at radius 1 is 1.10 bits per heavy atom. The maximum Gasteiger partial charge on any atom is 0.264 e. The summed E-state index contributed by atoms with van der Waals surface area (Å²) in [4.78, 5) is 22.3. The van der Waals surface area contributed by atoms with Crippen molar-refractivity contribution in [1.82, 2.24) is 9.55 Å². The van der Waals surface area contributed by atoms with Crippen molar-refractivity contribution in [2.45, 2.75) is 13.0 Å². The van der Waals surface area contributed by atoms with Crippen molar-refractivity contribution in [1.29, 1.82) is 0 Å². The van der Waals surface area contributed by atoms with Crippen LogP contribution in [-0.2, 0) is 0 Å². The van der Waals surface area contributed by atoms with Gasteiger partial charge < -0.3 is 11.5 Å². The third-order valence-electron chi connectivity index (χ3n) is 4.88. The van der Waals surface area contributed by atoms with Crippen LogP contribution in [-0.4, -0.2) is 15.4 Å². The van der Waals surface area contributed by atoms with Crippen LogP contribution in [0.25, 0.3) is 16.5 Å². The van der Waals surface area contributed by atoms with Gasteiger partial charge >= 0.3 is 0 Å². The number of pyridine rings is 2. The molecule has 1 unspecified atom stereocenters. The van der Waals surface area contributed by atoms with Crippen molar-refractivity contribution in [2.24, 2.45) is 10.7 Å². The molecule has 0 saturated heterocycles. The van der Waals surface area contributed by atoms with E-state index < -0.39 is 6.04 Å². The molecular formula is C23H20ClN5O. The summed E-state index contributed by atoms with van der Waals surface area (Å²) >= 11 is 6.35. The molecule has 4 N–H and O–H groups in total.